The van der Waals surface area contributed by atoms with Crippen molar-refractivity contribution >= 4 is 121 Å². The number of nitrogens with zero attached hydrogens (tertiary/aromatic N) is 2. The van der Waals surface area contributed by atoms with E-state index in [2.05, 4.69) is 221 Å². The number of benzene rings is 7. The highest BCUT2D eigenvalue weighted by Gasteiger charge is 2.49. The molecule has 0 saturated carbocycles. The molecule has 0 bridgehead atoms. The summed E-state index contributed by atoms with van der Waals surface area (Å²) in [5, 5.41) is 7.53. The number of thiophene rings is 2. The lowest BCUT2D eigenvalue weighted by Crippen LogP contribution is -2.61. The van der Waals surface area contributed by atoms with Gasteiger partial charge in [0, 0.05) is 42.7 Å². The topological polar surface area (TPSA) is 32.8 Å². The van der Waals surface area contributed by atoms with Crippen LogP contribution >= 0.6 is 22.7 Å². The molecule has 2 aliphatic rings. The lowest BCUT2D eigenvalue weighted by atomic mass is 9.33. The van der Waals surface area contributed by atoms with Crippen LogP contribution in [0.25, 0.3) is 64.4 Å². The molecule has 0 saturated heterocycles. The summed E-state index contributed by atoms with van der Waals surface area (Å²) in [5.41, 5.74) is 24.2. The fraction of sp³-hybridized carbons (Fsp3) is 0.242. The van der Waals surface area contributed by atoms with E-state index in [9.17, 15) is 0 Å². The van der Waals surface area contributed by atoms with Gasteiger partial charge in [-0.15, -0.1) is 22.7 Å². The highest BCUT2D eigenvalue weighted by atomic mass is 32.1. The molecule has 7 heteroatoms. The lowest BCUT2D eigenvalue weighted by molar-refractivity contribution is 0.590. The second kappa shape index (κ2) is 15.9. The number of furan rings is 2. The molecule has 4 aromatic heterocycles. The van der Waals surface area contributed by atoms with Crippen molar-refractivity contribution in [3.05, 3.63) is 173 Å². The summed E-state index contributed by atoms with van der Waals surface area (Å²) in [6.45, 7) is 30.4. The molecule has 0 spiro atoms. The third-order valence-electron chi connectivity index (χ3n) is 16.2. The van der Waals surface area contributed by atoms with Crippen LogP contribution in [0.5, 0.6) is 0 Å². The Balaban J connectivity index is 1.20. The third-order valence-corrected chi connectivity index (χ3v) is 18.5. The first-order valence-corrected chi connectivity index (χ1v) is 27.5. The van der Waals surface area contributed by atoms with Crippen molar-refractivity contribution < 1.29 is 8.83 Å². The lowest BCUT2D eigenvalue weighted by Gasteiger charge is -2.44. The Morgan fingerprint density at radius 1 is 0.411 bits per heavy atom. The Morgan fingerprint density at radius 2 is 0.822 bits per heavy atom. The van der Waals surface area contributed by atoms with Gasteiger partial charge < -0.3 is 18.6 Å². The van der Waals surface area contributed by atoms with Crippen LogP contribution in [0.1, 0.15) is 101 Å². The molecule has 73 heavy (non-hydrogen) atoms. The Bertz CT molecular complexity index is 3870. The second-order valence-electron chi connectivity index (χ2n) is 23.9. The summed E-state index contributed by atoms with van der Waals surface area (Å²) >= 11 is 3.91. The van der Waals surface area contributed by atoms with Crippen LogP contribution < -0.4 is 26.2 Å². The van der Waals surface area contributed by atoms with E-state index in [-0.39, 0.29) is 23.0 Å². The Morgan fingerprint density at radius 3 is 1.23 bits per heavy atom. The van der Waals surface area contributed by atoms with Gasteiger partial charge in [0.05, 0.1) is 33.9 Å². The van der Waals surface area contributed by atoms with Gasteiger partial charge in [-0.2, -0.15) is 0 Å². The van der Waals surface area contributed by atoms with Crippen molar-refractivity contribution in [3.8, 4) is 22.3 Å². The molecule has 6 heterocycles. The molecule has 362 valence electrons. The Kier molecular flexibility index (Phi) is 10.00. The number of aryl methyl sites for hydroxylation is 2. The van der Waals surface area contributed by atoms with E-state index in [0.717, 1.165) is 33.1 Å². The maximum Gasteiger partial charge on any atom is 0.256 e. The average Bonchev–Trinajstić information content (AvgIpc) is 4.15. The molecule has 0 N–H and O–H groups in total. The summed E-state index contributed by atoms with van der Waals surface area (Å²) in [6, 6.07) is 45.9. The standard InChI is InChI=1S/C66H61BN2O2S2/c1-36-22-26-43(49-34-70-53-20-16-14-18-45(49)53)38(3)60(36)68-51-32-42(66(11,12)13)33-52-59(51)67(57-47-30-40(64(5,6)7)24-28-55(47)72-62(57)68)58-48-31-41(65(8,9)10)25-29-56(48)73-63(58)69(52)61-37(2)23-27-44(39(61)4)50-35-71-54-21-17-15-19-46(50)54/h14-35H,1-13H3. The Labute approximate surface area is 438 Å². The largest absolute Gasteiger partial charge is 0.464 e. The average molecular weight is 989 g/mol. The number of hydrogen-bond donors (Lipinski definition) is 0. The number of hydrogen-bond acceptors (Lipinski definition) is 6. The summed E-state index contributed by atoms with van der Waals surface area (Å²) in [5.74, 6) is 0. The summed E-state index contributed by atoms with van der Waals surface area (Å²) in [4.78, 5) is 5.40. The maximum atomic E-state index is 6.27. The van der Waals surface area contributed by atoms with Crippen molar-refractivity contribution in [2.75, 3.05) is 9.80 Å². The van der Waals surface area contributed by atoms with Crippen LogP contribution in [0.2, 0.25) is 0 Å². The van der Waals surface area contributed by atoms with Crippen LogP contribution in [-0.2, 0) is 16.2 Å². The minimum atomic E-state index is -0.175. The van der Waals surface area contributed by atoms with Gasteiger partial charge in [0.1, 0.15) is 11.2 Å². The van der Waals surface area contributed by atoms with E-state index in [1.807, 2.05) is 35.2 Å². The van der Waals surface area contributed by atoms with Crippen molar-refractivity contribution in [2.24, 2.45) is 0 Å². The summed E-state index contributed by atoms with van der Waals surface area (Å²) in [7, 11) is 0. The Hall–Kier alpha value is -6.80. The highest BCUT2D eigenvalue weighted by Crippen LogP contribution is 2.55. The van der Waals surface area contributed by atoms with Crippen molar-refractivity contribution in [1.29, 1.82) is 0 Å². The first-order chi connectivity index (χ1) is 34.8. The molecule has 0 fully saturated rings. The van der Waals surface area contributed by atoms with Gasteiger partial charge in [-0.1, -0.05) is 147 Å². The first-order valence-electron chi connectivity index (χ1n) is 25.8. The van der Waals surface area contributed by atoms with Gasteiger partial charge in [-0.05, 0) is 158 Å². The zero-order chi connectivity index (χ0) is 50.8. The van der Waals surface area contributed by atoms with Gasteiger partial charge in [-0.25, -0.2) is 0 Å². The summed E-state index contributed by atoms with van der Waals surface area (Å²) < 4.78 is 15.2. The normalized spacial score (nSPS) is 13.7. The van der Waals surface area contributed by atoms with E-state index in [0.29, 0.717) is 0 Å². The van der Waals surface area contributed by atoms with E-state index in [1.54, 1.807) is 0 Å². The van der Waals surface area contributed by atoms with Crippen LogP contribution in [-0.4, -0.2) is 6.71 Å². The third kappa shape index (κ3) is 6.84. The fourth-order valence-corrected chi connectivity index (χ4v) is 14.6. The minimum Gasteiger partial charge on any atom is -0.464 e. The van der Waals surface area contributed by atoms with Gasteiger partial charge in [0.15, 0.2) is 0 Å². The van der Waals surface area contributed by atoms with Crippen LogP contribution in [0.15, 0.2) is 143 Å². The predicted octanol–water partition coefficient (Wildman–Crippen LogP) is 18.2. The molecule has 0 radical (unpaired) electrons. The number of para-hydroxylation sites is 2. The molecule has 11 aromatic rings. The van der Waals surface area contributed by atoms with E-state index in [4.69, 9.17) is 8.83 Å². The first kappa shape index (κ1) is 46.0. The fourth-order valence-electron chi connectivity index (χ4n) is 12.2. The predicted molar refractivity (Wildman–Crippen MR) is 317 cm³/mol. The maximum absolute atomic E-state index is 6.27. The molecule has 0 unspecified atom stereocenters. The van der Waals surface area contributed by atoms with Gasteiger partial charge in [0.25, 0.3) is 6.71 Å². The molecule has 0 aliphatic carbocycles. The highest BCUT2D eigenvalue weighted by molar-refractivity contribution is 7.29. The van der Waals surface area contributed by atoms with Crippen molar-refractivity contribution in [1.82, 2.24) is 0 Å². The molecule has 0 amide bonds. The van der Waals surface area contributed by atoms with E-state index >= 15 is 0 Å². The zero-order valence-corrected chi connectivity index (χ0v) is 45.9. The quantitative estimate of drug-likeness (QED) is 0.165. The summed E-state index contributed by atoms with van der Waals surface area (Å²) in [6.07, 6.45) is 3.91. The van der Waals surface area contributed by atoms with Gasteiger partial charge in [-0.3, -0.25) is 0 Å². The molecular weight excluding hydrogens is 928 g/mol. The second-order valence-corrected chi connectivity index (χ2v) is 26.0. The SMILES string of the molecule is Cc1ccc(-c2coc3ccccc23)c(C)c1N1c2cc(C(C)(C)C)cc3c2B(c2c1sc1ccc(C(C)(C)C)cc21)c1c(sc2ccc(C(C)(C)C)cc12)N3c1c(C)ccc(-c2coc3ccccc23)c1C. The number of rotatable bonds is 4. The van der Waals surface area contributed by atoms with E-state index < -0.39 is 0 Å². The minimum absolute atomic E-state index is 0.0392. The molecule has 13 rings (SSSR count). The smallest absolute Gasteiger partial charge is 0.256 e. The number of fused-ring (bicyclic) bond motifs is 10. The number of anilines is 6. The molecule has 0 atom stereocenters. The molecular formula is C66H61BN2O2S2. The van der Waals surface area contributed by atoms with Crippen LogP contribution in [0, 0.1) is 27.7 Å². The molecule has 7 aromatic carbocycles. The van der Waals surface area contributed by atoms with Crippen molar-refractivity contribution in [3.63, 3.8) is 0 Å². The van der Waals surface area contributed by atoms with Crippen LogP contribution in [0.4, 0.5) is 32.8 Å². The van der Waals surface area contributed by atoms with Gasteiger partial charge >= 0.3 is 0 Å². The van der Waals surface area contributed by atoms with E-state index in [1.165, 1.54) is 119 Å². The molecule has 4 nitrogen and oxygen atoms in total. The zero-order valence-electron chi connectivity index (χ0n) is 44.3. The van der Waals surface area contributed by atoms with Crippen molar-refractivity contribution in [2.45, 2.75) is 106 Å². The van der Waals surface area contributed by atoms with Gasteiger partial charge in [0.2, 0.25) is 0 Å². The van der Waals surface area contributed by atoms with Crippen LogP contribution in [0.3, 0.4) is 0 Å². The monoisotopic (exact) mass is 988 g/mol. The molecule has 2 aliphatic heterocycles.